The van der Waals surface area contributed by atoms with E-state index in [4.69, 9.17) is 4.74 Å². The van der Waals surface area contributed by atoms with Crippen molar-refractivity contribution < 1.29 is 23.5 Å². The predicted molar refractivity (Wildman–Crippen MR) is 114 cm³/mol. The Morgan fingerprint density at radius 3 is 2.39 bits per heavy atom. The predicted octanol–water partition coefficient (Wildman–Crippen LogP) is 3.23. The van der Waals surface area contributed by atoms with E-state index in [-0.39, 0.29) is 24.2 Å². The summed E-state index contributed by atoms with van der Waals surface area (Å²) in [4.78, 5) is 39.2. The van der Waals surface area contributed by atoms with Crippen molar-refractivity contribution in [2.75, 3.05) is 13.1 Å². The molecule has 7 heteroatoms. The molecule has 1 heterocycles. The van der Waals surface area contributed by atoms with Gasteiger partial charge in [-0.2, -0.15) is 0 Å². The summed E-state index contributed by atoms with van der Waals surface area (Å²) in [5.41, 5.74) is 2.35. The fraction of sp³-hybridized carbons (Fsp3) is 0.375. The molecule has 2 amide bonds. The Hall–Kier alpha value is -3.22. The molecule has 0 bridgehead atoms. The first-order chi connectivity index (χ1) is 14.8. The molecular formula is C24H27FN2O4. The lowest BCUT2D eigenvalue weighted by Crippen LogP contribution is -2.42. The molecule has 164 valence electrons. The number of carbonyl (C=O) groups excluding carboxylic acids is 3. The maximum absolute atomic E-state index is 12.9. The standard InChI is InChI=1S/C24H27FN2O4/c1-16-5-3-4-6-21(16)23(29)27-13-11-19(12-14-27)24(30)31-17(2)22(28)26-15-18-7-9-20(25)10-8-18/h3-10,17,19H,11-15H2,1-2H3,(H,26,28)/t17-/m1/s1. The molecule has 0 radical (unpaired) electrons. The third kappa shape index (κ3) is 5.90. The van der Waals surface area contributed by atoms with Gasteiger partial charge in [-0.05, 0) is 56.0 Å². The topological polar surface area (TPSA) is 75.7 Å². The van der Waals surface area contributed by atoms with E-state index in [0.717, 1.165) is 11.1 Å². The number of hydrogen-bond donors (Lipinski definition) is 1. The third-order valence-corrected chi connectivity index (χ3v) is 5.53. The highest BCUT2D eigenvalue weighted by atomic mass is 19.1. The van der Waals surface area contributed by atoms with Crippen LogP contribution in [0.15, 0.2) is 48.5 Å². The number of carbonyl (C=O) groups is 3. The Morgan fingerprint density at radius 2 is 1.74 bits per heavy atom. The van der Waals surface area contributed by atoms with Crippen molar-refractivity contribution in [2.24, 2.45) is 5.92 Å². The maximum atomic E-state index is 12.9. The second-order valence-electron chi connectivity index (χ2n) is 7.80. The number of benzene rings is 2. The molecule has 1 atom stereocenters. The Kier molecular flexibility index (Phi) is 7.39. The molecule has 31 heavy (non-hydrogen) atoms. The fourth-order valence-corrected chi connectivity index (χ4v) is 3.56. The quantitative estimate of drug-likeness (QED) is 0.720. The monoisotopic (exact) mass is 426 g/mol. The van der Waals surface area contributed by atoms with E-state index >= 15 is 0 Å². The normalized spacial score (nSPS) is 15.3. The van der Waals surface area contributed by atoms with Gasteiger partial charge in [0.2, 0.25) is 0 Å². The lowest BCUT2D eigenvalue weighted by Gasteiger charge is -2.31. The van der Waals surface area contributed by atoms with Crippen LogP contribution in [-0.4, -0.2) is 41.9 Å². The Balaban J connectivity index is 1.44. The number of esters is 1. The van der Waals surface area contributed by atoms with E-state index in [2.05, 4.69) is 5.32 Å². The van der Waals surface area contributed by atoms with Crippen LogP contribution in [0.3, 0.4) is 0 Å². The lowest BCUT2D eigenvalue weighted by atomic mass is 9.96. The molecule has 0 unspecified atom stereocenters. The number of hydrogen-bond acceptors (Lipinski definition) is 4. The van der Waals surface area contributed by atoms with Gasteiger partial charge in [-0.15, -0.1) is 0 Å². The third-order valence-electron chi connectivity index (χ3n) is 5.53. The largest absolute Gasteiger partial charge is 0.452 e. The molecule has 2 aromatic carbocycles. The highest BCUT2D eigenvalue weighted by molar-refractivity contribution is 5.95. The van der Waals surface area contributed by atoms with E-state index < -0.39 is 18.0 Å². The highest BCUT2D eigenvalue weighted by Crippen LogP contribution is 2.22. The zero-order valence-corrected chi connectivity index (χ0v) is 17.8. The molecule has 1 N–H and O–H groups in total. The fourth-order valence-electron chi connectivity index (χ4n) is 3.56. The molecule has 1 saturated heterocycles. The summed E-state index contributed by atoms with van der Waals surface area (Å²) in [6.45, 7) is 4.59. The van der Waals surface area contributed by atoms with Crippen LogP contribution in [0.25, 0.3) is 0 Å². The van der Waals surface area contributed by atoms with Gasteiger partial charge in [0.25, 0.3) is 11.8 Å². The van der Waals surface area contributed by atoms with E-state index in [1.165, 1.54) is 19.1 Å². The van der Waals surface area contributed by atoms with E-state index in [1.54, 1.807) is 17.0 Å². The number of aryl methyl sites for hydroxylation is 1. The second-order valence-corrected chi connectivity index (χ2v) is 7.80. The first-order valence-corrected chi connectivity index (χ1v) is 10.4. The van der Waals surface area contributed by atoms with Gasteiger partial charge < -0.3 is 15.0 Å². The molecule has 0 saturated carbocycles. The van der Waals surface area contributed by atoms with Crippen LogP contribution in [-0.2, 0) is 20.9 Å². The van der Waals surface area contributed by atoms with E-state index in [1.807, 2.05) is 31.2 Å². The van der Waals surface area contributed by atoms with Crippen molar-refractivity contribution in [3.8, 4) is 0 Å². The Bertz CT molecular complexity index is 937. The van der Waals surface area contributed by atoms with Crippen molar-refractivity contribution in [3.05, 3.63) is 71.0 Å². The van der Waals surface area contributed by atoms with Gasteiger partial charge in [0.1, 0.15) is 5.82 Å². The molecule has 1 fully saturated rings. The molecule has 0 spiro atoms. The van der Waals surface area contributed by atoms with Crippen molar-refractivity contribution >= 4 is 17.8 Å². The maximum Gasteiger partial charge on any atom is 0.309 e. The summed E-state index contributed by atoms with van der Waals surface area (Å²) in [5.74, 6) is -1.55. The van der Waals surface area contributed by atoms with E-state index in [9.17, 15) is 18.8 Å². The number of ether oxygens (including phenoxy) is 1. The van der Waals surface area contributed by atoms with Crippen LogP contribution in [0.1, 0.15) is 41.3 Å². The van der Waals surface area contributed by atoms with Crippen molar-refractivity contribution in [1.82, 2.24) is 10.2 Å². The van der Waals surface area contributed by atoms with Gasteiger partial charge in [-0.1, -0.05) is 30.3 Å². The summed E-state index contributed by atoms with van der Waals surface area (Å²) in [5, 5.41) is 2.68. The number of rotatable bonds is 6. The minimum atomic E-state index is -0.931. The molecular weight excluding hydrogens is 399 g/mol. The average Bonchev–Trinajstić information content (AvgIpc) is 2.78. The molecule has 0 aliphatic carbocycles. The van der Waals surface area contributed by atoms with Crippen LogP contribution in [0.5, 0.6) is 0 Å². The number of nitrogens with zero attached hydrogens (tertiary/aromatic N) is 1. The van der Waals surface area contributed by atoms with Crippen LogP contribution >= 0.6 is 0 Å². The minimum absolute atomic E-state index is 0.0292. The van der Waals surface area contributed by atoms with Crippen molar-refractivity contribution in [1.29, 1.82) is 0 Å². The smallest absolute Gasteiger partial charge is 0.309 e. The zero-order valence-electron chi connectivity index (χ0n) is 17.8. The van der Waals surface area contributed by atoms with Crippen LogP contribution in [0.4, 0.5) is 4.39 Å². The van der Waals surface area contributed by atoms with Crippen molar-refractivity contribution in [2.45, 2.75) is 39.3 Å². The highest BCUT2D eigenvalue weighted by Gasteiger charge is 2.31. The molecule has 0 aromatic heterocycles. The minimum Gasteiger partial charge on any atom is -0.452 e. The molecule has 6 nitrogen and oxygen atoms in total. The Labute approximate surface area is 181 Å². The molecule has 1 aliphatic rings. The SMILES string of the molecule is Cc1ccccc1C(=O)N1CCC(C(=O)O[C@H](C)C(=O)NCc2ccc(F)cc2)CC1. The molecule has 3 rings (SSSR count). The summed E-state index contributed by atoms with van der Waals surface area (Å²) < 4.78 is 18.3. The summed E-state index contributed by atoms with van der Waals surface area (Å²) in [6, 6.07) is 13.3. The van der Waals surface area contributed by atoms with Gasteiger partial charge in [0.15, 0.2) is 6.10 Å². The number of amides is 2. The van der Waals surface area contributed by atoms with E-state index in [0.29, 0.717) is 31.5 Å². The molecule has 1 aliphatic heterocycles. The van der Waals surface area contributed by atoms with Gasteiger partial charge in [-0.25, -0.2) is 4.39 Å². The number of piperidine rings is 1. The summed E-state index contributed by atoms with van der Waals surface area (Å²) in [6.07, 6.45) is 0.0698. The number of nitrogens with one attached hydrogen (secondary N) is 1. The van der Waals surface area contributed by atoms with Crippen LogP contribution in [0.2, 0.25) is 0 Å². The lowest BCUT2D eigenvalue weighted by molar-refractivity contribution is -0.160. The van der Waals surface area contributed by atoms with Crippen LogP contribution in [0, 0.1) is 18.7 Å². The second kappa shape index (κ2) is 10.2. The first kappa shape index (κ1) is 22.5. The summed E-state index contributed by atoms with van der Waals surface area (Å²) >= 11 is 0. The average molecular weight is 426 g/mol. The number of halogens is 1. The van der Waals surface area contributed by atoms with Gasteiger partial charge in [0.05, 0.1) is 5.92 Å². The summed E-state index contributed by atoms with van der Waals surface area (Å²) in [7, 11) is 0. The molecule has 2 aromatic rings. The first-order valence-electron chi connectivity index (χ1n) is 10.4. The zero-order chi connectivity index (χ0) is 22.4. The van der Waals surface area contributed by atoms with Gasteiger partial charge in [-0.3, -0.25) is 14.4 Å². The van der Waals surface area contributed by atoms with Crippen molar-refractivity contribution in [3.63, 3.8) is 0 Å². The van der Waals surface area contributed by atoms with Gasteiger partial charge in [0, 0.05) is 25.2 Å². The Morgan fingerprint density at radius 1 is 1.10 bits per heavy atom. The van der Waals surface area contributed by atoms with Crippen LogP contribution < -0.4 is 5.32 Å². The number of likely N-dealkylation sites (tertiary alicyclic amines) is 1. The van der Waals surface area contributed by atoms with Gasteiger partial charge >= 0.3 is 5.97 Å².